The maximum absolute atomic E-state index is 13.6. The highest BCUT2D eigenvalue weighted by atomic mass is 127. The Hall–Kier alpha value is -1.42. The van der Waals surface area contributed by atoms with E-state index in [0.29, 0.717) is 42.2 Å². The van der Waals surface area contributed by atoms with Crippen molar-refractivity contribution in [3.8, 4) is 0 Å². The second-order valence-electron chi connectivity index (χ2n) is 7.76. The number of nitrogens with one attached hydrogen (secondary N) is 3. The monoisotopic (exact) mass is 519 g/mol. The Labute approximate surface area is 191 Å². The smallest absolute Gasteiger partial charge is 0.251 e. The van der Waals surface area contributed by atoms with Gasteiger partial charge in [-0.3, -0.25) is 14.7 Å². The highest BCUT2D eigenvalue weighted by Crippen LogP contribution is 2.18. The number of guanidine groups is 1. The average Bonchev–Trinajstić information content (AvgIpc) is 3.02. The number of halogens is 2. The number of nitrogens with zero attached hydrogens (tertiary/aromatic N) is 2. The molecule has 0 bridgehead atoms. The average molecular weight is 519 g/mol. The van der Waals surface area contributed by atoms with Crippen molar-refractivity contribution < 1.29 is 9.18 Å². The van der Waals surface area contributed by atoms with Gasteiger partial charge in [-0.1, -0.05) is 13.0 Å². The maximum Gasteiger partial charge on any atom is 0.251 e. The molecule has 3 N–H and O–H groups in total. The first-order valence-electron chi connectivity index (χ1n) is 10.1. The summed E-state index contributed by atoms with van der Waals surface area (Å²) in [6.07, 6.45) is 0. The second-order valence-corrected chi connectivity index (χ2v) is 7.76. The molecule has 29 heavy (non-hydrogen) atoms. The van der Waals surface area contributed by atoms with Crippen molar-refractivity contribution in [1.29, 1.82) is 0 Å². The summed E-state index contributed by atoms with van der Waals surface area (Å²) in [5.41, 5.74) is 0.852. The Morgan fingerprint density at radius 3 is 2.62 bits per heavy atom. The van der Waals surface area contributed by atoms with Gasteiger partial charge in [-0.15, -0.1) is 24.0 Å². The third-order valence-electron chi connectivity index (χ3n) is 5.14. The quantitative estimate of drug-likeness (QED) is 0.224. The van der Waals surface area contributed by atoms with Crippen LogP contribution in [-0.2, 0) is 0 Å². The zero-order valence-corrected chi connectivity index (χ0v) is 20.4. The van der Waals surface area contributed by atoms with E-state index in [0.717, 1.165) is 25.6 Å². The third-order valence-corrected chi connectivity index (χ3v) is 5.14. The number of aliphatic imine (C=N–C) groups is 1. The summed E-state index contributed by atoms with van der Waals surface area (Å²) in [7, 11) is 0. The molecule has 1 aliphatic heterocycles. The molecule has 1 aromatic carbocycles. The van der Waals surface area contributed by atoms with Crippen LogP contribution < -0.4 is 16.0 Å². The van der Waals surface area contributed by atoms with E-state index < -0.39 is 0 Å². The molecule has 2 rings (SSSR count). The molecule has 0 spiro atoms. The van der Waals surface area contributed by atoms with E-state index in [4.69, 9.17) is 0 Å². The molecular weight excluding hydrogens is 484 g/mol. The summed E-state index contributed by atoms with van der Waals surface area (Å²) in [4.78, 5) is 19.2. The van der Waals surface area contributed by atoms with Gasteiger partial charge in [-0.2, -0.15) is 0 Å². The van der Waals surface area contributed by atoms with Crippen molar-refractivity contribution in [3.05, 3.63) is 35.1 Å². The van der Waals surface area contributed by atoms with Crippen LogP contribution in [0.25, 0.3) is 0 Å². The normalized spacial score (nSPS) is 19.8. The fourth-order valence-electron chi connectivity index (χ4n) is 3.28. The fourth-order valence-corrected chi connectivity index (χ4v) is 3.28. The lowest BCUT2D eigenvalue weighted by Crippen LogP contribution is -2.47. The summed E-state index contributed by atoms with van der Waals surface area (Å²) in [5.74, 6) is 0.650. The predicted molar refractivity (Wildman–Crippen MR) is 128 cm³/mol. The molecule has 6 nitrogen and oxygen atoms in total. The highest BCUT2D eigenvalue weighted by Gasteiger charge is 2.31. The van der Waals surface area contributed by atoms with Crippen LogP contribution in [0.1, 0.15) is 43.6 Å². The summed E-state index contributed by atoms with van der Waals surface area (Å²) >= 11 is 0. The number of amides is 1. The van der Waals surface area contributed by atoms with Crippen LogP contribution in [0, 0.1) is 18.7 Å². The number of carbonyl (C=O) groups is 1. The van der Waals surface area contributed by atoms with E-state index in [-0.39, 0.29) is 35.7 Å². The summed E-state index contributed by atoms with van der Waals surface area (Å²) in [6.45, 7) is 14.1. The lowest BCUT2D eigenvalue weighted by molar-refractivity contribution is 0.0954. The van der Waals surface area contributed by atoms with E-state index >= 15 is 0 Å². The zero-order valence-electron chi connectivity index (χ0n) is 18.1. The first kappa shape index (κ1) is 25.6. The van der Waals surface area contributed by atoms with Crippen molar-refractivity contribution in [1.82, 2.24) is 20.9 Å². The number of hydrogen-bond donors (Lipinski definition) is 3. The van der Waals surface area contributed by atoms with Crippen LogP contribution in [0.4, 0.5) is 4.39 Å². The molecule has 2 atom stereocenters. The first-order valence-corrected chi connectivity index (χ1v) is 10.1. The van der Waals surface area contributed by atoms with E-state index in [2.05, 4.69) is 46.6 Å². The standard InChI is InChI=1S/C21H34FN5O.HI/c1-6-23-21(26-19-13-27(14(2)3)12-16(19)5)25-10-9-24-20(28)17-8-7-15(4)18(22)11-17;/h7-8,11,14,16,19H,6,9-10,12-13H2,1-5H3,(H,24,28)(H2,23,25,26);1H. The number of aryl methyl sites for hydroxylation is 1. The number of likely N-dealkylation sites (tertiary alicyclic amines) is 1. The third kappa shape index (κ3) is 7.73. The molecule has 1 saturated heterocycles. The summed E-state index contributed by atoms with van der Waals surface area (Å²) < 4.78 is 13.6. The number of rotatable bonds is 7. The van der Waals surface area contributed by atoms with Crippen molar-refractivity contribution >= 4 is 35.8 Å². The Morgan fingerprint density at radius 2 is 2.03 bits per heavy atom. The van der Waals surface area contributed by atoms with E-state index in [1.165, 1.54) is 6.07 Å². The Morgan fingerprint density at radius 1 is 1.31 bits per heavy atom. The SMILES string of the molecule is CCNC(=NCCNC(=O)c1ccc(C)c(F)c1)NC1CN(C(C)C)CC1C.I. The minimum atomic E-state index is -0.370. The molecular formula is C21H35FIN5O. The van der Waals surface area contributed by atoms with E-state index in [9.17, 15) is 9.18 Å². The molecule has 0 aromatic heterocycles. The van der Waals surface area contributed by atoms with Crippen molar-refractivity contribution in [3.63, 3.8) is 0 Å². The first-order chi connectivity index (χ1) is 13.3. The van der Waals surface area contributed by atoms with Gasteiger partial charge in [0.25, 0.3) is 5.91 Å². The fraction of sp³-hybridized carbons (Fsp3) is 0.619. The molecule has 0 aliphatic carbocycles. The largest absolute Gasteiger partial charge is 0.357 e. The van der Waals surface area contributed by atoms with Crippen LogP contribution >= 0.6 is 24.0 Å². The van der Waals surface area contributed by atoms with Gasteiger partial charge in [0, 0.05) is 43.8 Å². The Bertz CT molecular complexity index is 698. The van der Waals surface area contributed by atoms with Gasteiger partial charge in [0.1, 0.15) is 5.82 Å². The van der Waals surface area contributed by atoms with Crippen LogP contribution in [0.2, 0.25) is 0 Å². The molecule has 164 valence electrons. The molecule has 1 fully saturated rings. The number of hydrogen-bond acceptors (Lipinski definition) is 3. The summed E-state index contributed by atoms with van der Waals surface area (Å²) in [5, 5.41) is 9.58. The van der Waals surface area contributed by atoms with Crippen molar-refractivity contribution in [2.45, 2.75) is 46.7 Å². The lowest BCUT2D eigenvalue weighted by atomic mass is 10.1. The van der Waals surface area contributed by atoms with Crippen LogP contribution in [-0.4, -0.2) is 61.6 Å². The van der Waals surface area contributed by atoms with E-state index in [1.807, 2.05) is 6.92 Å². The number of benzene rings is 1. The topological polar surface area (TPSA) is 68.8 Å². The highest BCUT2D eigenvalue weighted by molar-refractivity contribution is 14.0. The second kappa shape index (κ2) is 12.3. The molecule has 1 aliphatic rings. The molecule has 8 heteroatoms. The van der Waals surface area contributed by atoms with Gasteiger partial charge in [0.15, 0.2) is 5.96 Å². The molecule has 0 radical (unpaired) electrons. The molecule has 1 aromatic rings. The molecule has 1 heterocycles. The van der Waals surface area contributed by atoms with Crippen LogP contribution in [0.15, 0.2) is 23.2 Å². The van der Waals surface area contributed by atoms with Gasteiger partial charge in [-0.05, 0) is 51.3 Å². The van der Waals surface area contributed by atoms with Crippen molar-refractivity contribution in [2.24, 2.45) is 10.9 Å². The summed E-state index contributed by atoms with van der Waals surface area (Å²) in [6, 6.07) is 5.39. The Kier molecular flexibility index (Phi) is 10.9. The van der Waals surface area contributed by atoms with Gasteiger partial charge in [0.05, 0.1) is 6.54 Å². The van der Waals surface area contributed by atoms with Gasteiger partial charge < -0.3 is 16.0 Å². The Balaban J connectivity index is 0.00000420. The van der Waals surface area contributed by atoms with Crippen molar-refractivity contribution in [2.75, 3.05) is 32.7 Å². The number of carbonyl (C=O) groups excluding carboxylic acids is 1. The molecule has 2 unspecified atom stereocenters. The lowest BCUT2D eigenvalue weighted by Gasteiger charge is -2.22. The van der Waals surface area contributed by atoms with Crippen LogP contribution in [0.3, 0.4) is 0 Å². The minimum Gasteiger partial charge on any atom is -0.357 e. The van der Waals surface area contributed by atoms with Gasteiger partial charge in [0.2, 0.25) is 0 Å². The van der Waals surface area contributed by atoms with E-state index in [1.54, 1.807) is 19.1 Å². The maximum atomic E-state index is 13.6. The zero-order chi connectivity index (χ0) is 20.7. The predicted octanol–water partition coefficient (Wildman–Crippen LogP) is 2.77. The minimum absolute atomic E-state index is 0. The van der Waals surface area contributed by atoms with Gasteiger partial charge >= 0.3 is 0 Å². The molecule has 1 amide bonds. The molecule has 0 saturated carbocycles. The van der Waals surface area contributed by atoms with Crippen LogP contribution in [0.5, 0.6) is 0 Å². The van der Waals surface area contributed by atoms with Gasteiger partial charge in [-0.25, -0.2) is 4.39 Å².